The Morgan fingerprint density at radius 2 is 1.62 bits per heavy atom. The molecule has 1 amide bonds. The van der Waals surface area contributed by atoms with Gasteiger partial charge < -0.3 is 10.6 Å². The molecule has 0 spiro atoms. The highest BCUT2D eigenvalue weighted by Gasteiger charge is 2.26. The number of nitrogens with zero attached hydrogens (tertiary/aromatic N) is 1. The third kappa shape index (κ3) is 4.85. The van der Waals surface area contributed by atoms with E-state index in [9.17, 15) is 4.79 Å². The molecule has 0 fully saturated rings. The van der Waals surface area contributed by atoms with Crippen LogP contribution in [-0.4, -0.2) is 11.9 Å². The summed E-state index contributed by atoms with van der Waals surface area (Å²) < 4.78 is 0. The van der Waals surface area contributed by atoms with E-state index in [1.807, 2.05) is 29.2 Å². The minimum absolute atomic E-state index is 0.136. The number of benzene rings is 1. The average Bonchev–Trinajstić information content (AvgIpc) is 2.47. The molecule has 0 heterocycles. The zero-order valence-corrected chi connectivity index (χ0v) is 13.9. The fourth-order valence-electron chi connectivity index (χ4n) is 2.76. The summed E-state index contributed by atoms with van der Waals surface area (Å²) in [6.07, 6.45) is 4.04. The quantitative estimate of drug-likeness (QED) is 0.783. The van der Waals surface area contributed by atoms with Crippen LogP contribution < -0.4 is 10.6 Å². The van der Waals surface area contributed by atoms with Crippen molar-refractivity contribution in [1.82, 2.24) is 0 Å². The van der Waals surface area contributed by atoms with Crippen LogP contribution in [0.4, 0.5) is 5.69 Å². The lowest BCUT2D eigenvalue weighted by molar-refractivity contribution is -0.123. The van der Waals surface area contributed by atoms with Gasteiger partial charge in [0.05, 0.1) is 0 Å². The molecule has 118 valence electrons. The molecule has 1 aromatic carbocycles. The van der Waals surface area contributed by atoms with Gasteiger partial charge in [0.25, 0.3) is 0 Å². The summed E-state index contributed by atoms with van der Waals surface area (Å²) in [4.78, 5) is 14.9. The van der Waals surface area contributed by atoms with E-state index in [1.165, 1.54) is 0 Å². The molecule has 0 aromatic heterocycles. The van der Waals surface area contributed by atoms with Crippen molar-refractivity contribution in [3.05, 3.63) is 29.8 Å². The van der Waals surface area contributed by atoms with E-state index >= 15 is 0 Å². The SMILES string of the molecule is CCCC(CCC)C(=O)N(c1ccc(CN)cc1)C(C)C. The summed E-state index contributed by atoms with van der Waals surface area (Å²) in [7, 11) is 0. The third-order valence-corrected chi connectivity index (χ3v) is 3.83. The number of anilines is 1. The van der Waals surface area contributed by atoms with E-state index < -0.39 is 0 Å². The van der Waals surface area contributed by atoms with Crippen LogP contribution in [0.3, 0.4) is 0 Å². The Morgan fingerprint density at radius 3 is 2.00 bits per heavy atom. The van der Waals surface area contributed by atoms with E-state index in [-0.39, 0.29) is 17.9 Å². The summed E-state index contributed by atoms with van der Waals surface area (Å²) in [6.45, 7) is 8.97. The largest absolute Gasteiger partial charge is 0.326 e. The molecule has 0 bridgehead atoms. The van der Waals surface area contributed by atoms with Crippen molar-refractivity contribution in [2.45, 2.75) is 66.0 Å². The Balaban J connectivity index is 3.00. The Bertz CT molecular complexity index is 419. The van der Waals surface area contributed by atoms with Crippen LogP contribution in [0.15, 0.2) is 24.3 Å². The molecule has 0 saturated carbocycles. The Morgan fingerprint density at radius 1 is 1.10 bits per heavy atom. The maximum absolute atomic E-state index is 12.9. The second kappa shape index (κ2) is 8.83. The van der Waals surface area contributed by atoms with Crippen LogP contribution in [0, 0.1) is 5.92 Å². The molecule has 21 heavy (non-hydrogen) atoms. The monoisotopic (exact) mass is 290 g/mol. The number of carbonyl (C=O) groups is 1. The highest BCUT2D eigenvalue weighted by Crippen LogP contribution is 2.24. The standard InChI is InChI=1S/C18H30N2O/c1-5-7-16(8-6-2)18(21)20(14(3)4)17-11-9-15(13-19)10-12-17/h9-12,14,16H,5-8,13,19H2,1-4H3. The second-order valence-corrected chi connectivity index (χ2v) is 5.95. The van der Waals surface area contributed by atoms with Crippen LogP contribution in [-0.2, 0) is 11.3 Å². The van der Waals surface area contributed by atoms with Crippen molar-refractivity contribution >= 4 is 11.6 Å². The molecule has 3 heteroatoms. The summed E-state index contributed by atoms with van der Waals surface area (Å²) in [5.41, 5.74) is 7.71. The molecule has 0 aliphatic rings. The predicted molar refractivity (Wildman–Crippen MR) is 90.3 cm³/mol. The maximum Gasteiger partial charge on any atom is 0.230 e. The topological polar surface area (TPSA) is 46.3 Å². The van der Waals surface area contributed by atoms with Gasteiger partial charge in [0.1, 0.15) is 0 Å². The summed E-state index contributed by atoms with van der Waals surface area (Å²) in [5.74, 6) is 0.394. The van der Waals surface area contributed by atoms with E-state index in [0.29, 0.717) is 6.54 Å². The minimum Gasteiger partial charge on any atom is -0.326 e. The number of rotatable bonds is 8. The number of carbonyl (C=O) groups excluding carboxylic acids is 1. The fraction of sp³-hybridized carbons (Fsp3) is 0.611. The lowest BCUT2D eigenvalue weighted by atomic mass is 9.95. The minimum atomic E-state index is 0.136. The van der Waals surface area contributed by atoms with Gasteiger partial charge in [-0.05, 0) is 44.4 Å². The van der Waals surface area contributed by atoms with Gasteiger partial charge in [-0.3, -0.25) is 4.79 Å². The van der Waals surface area contributed by atoms with E-state index in [0.717, 1.165) is 36.9 Å². The average molecular weight is 290 g/mol. The van der Waals surface area contributed by atoms with Crippen molar-refractivity contribution < 1.29 is 4.79 Å². The molecule has 0 aliphatic carbocycles. The zero-order valence-electron chi connectivity index (χ0n) is 13.9. The van der Waals surface area contributed by atoms with Gasteiger partial charge in [-0.15, -0.1) is 0 Å². The Hall–Kier alpha value is -1.35. The van der Waals surface area contributed by atoms with Crippen LogP contribution in [0.2, 0.25) is 0 Å². The number of nitrogens with two attached hydrogens (primary N) is 1. The maximum atomic E-state index is 12.9. The molecule has 1 rings (SSSR count). The molecule has 2 N–H and O–H groups in total. The summed E-state index contributed by atoms with van der Waals surface area (Å²) >= 11 is 0. The van der Waals surface area contributed by atoms with Crippen molar-refractivity contribution in [3.8, 4) is 0 Å². The van der Waals surface area contributed by atoms with Gasteiger partial charge >= 0.3 is 0 Å². The van der Waals surface area contributed by atoms with Crippen molar-refractivity contribution in [1.29, 1.82) is 0 Å². The van der Waals surface area contributed by atoms with Crippen LogP contribution in [0.25, 0.3) is 0 Å². The lowest BCUT2D eigenvalue weighted by Crippen LogP contribution is -2.41. The Labute approximate surface area is 129 Å². The molecule has 0 atom stereocenters. The third-order valence-electron chi connectivity index (χ3n) is 3.83. The highest BCUT2D eigenvalue weighted by molar-refractivity contribution is 5.95. The van der Waals surface area contributed by atoms with E-state index in [1.54, 1.807) is 0 Å². The normalized spacial score (nSPS) is 11.2. The molecular formula is C18H30N2O. The predicted octanol–water partition coefficient (Wildman–Crippen LogP) is 4.10. The van der Waals surface area contributed by atoms with Crippen LogP contribution in [0.5, 0.6) is 0 Å². The van der Waals surface area contributed by atoms with Crippen molar-refractivity contribution in [2.24, 2.45) is 11.7 Å². The van der Waals surface area contributed by atoms with Gasteiger partial charge in [0.15, 0.2) is 0 Å². The van der Waals surface area contributed by atoms with Crippen molar-refractivity contribution in [3.63, 3.8) is 0 Å². The first-order valence-corrected chi connectivity index (χ1v) is 8.17. The van der Waals surface area contributed by atoms with Gasteiger partial charge in [0.2, 0.25) is 5.91 Å². The summed E-state index contributed by atoms with van der Waals surface area (Å²) in [5, 5.41) is 0. The van der Waals surface area contributed by atoms with Gasteiger partial charge in [-0.1, -0.05) is 38.8 Å². The van der Waals surface area contributed by atoms with Gasteiger partial charge in [-0.25, -0.2) is 0 Å². The van der Waals surface area contributed by atoms with Crippen LogP contribution >= 0.6 is 0 Å². The number of hydrogen-bond acceptors (Lipinski definition) is 2. The molecule has 0 aliphatic heterocycles. The van der Waals surface area contributed by atoms with E-state index in [2.05, 4.69) is 27.7 Å². The molecule has 0 unspecified atom stereocenters. The first-order chi connectivity index (χ1) is 10.0. The first kappa shape index (κ1) is 17.7. The Kier molecular flexibility index (Phi) is 7.44. The molecule has 3 nitrogen and oxygen atoms in total. The first-order valence-electron chi connectivity index (χ1n) is 8.17. The highest BCUT2D eigenvalue weighted by atomic mass is 16.2. The number of hydrogen-bond donors (Lipinski definition) is 1. The fourth-order valence-corrected chi connectivity index (χ4v) is 2.76. The number of amides is 1. The van der Waals surface area contributed by atoms with Gasteiger partial charge in [0, 0.05) is 24.2 Å². The smallest absolute Gasteiger partial charge is 0.230 e. The zero-order chi connectivity index (χ0) is 15.8. The van der Waals surface area contributed by atoms with E-state index in [4.69, 9.17) is 5.73 Å². The summed E-state index contributed by atoms with van der Waals surface area (Å²) in [6, 6.07) is 8.20. The molecule has 0 radical (unpaired) electrons. The van der Waals surface area contributed by atoms with Gasteiger partial charge in [-0.2, -0.15) is 0 Å². The second-order valence-electron chi connectivity index (χ2n) is 5.95. The molecule has 0 saturated heterocycles. The molecular weight excluding hydrogens is 260 g/mol. The lowest BCUT2D eigenvalue weighted by Gasteiger charge is -2.31. The van der Waals surface area contributed by atoms with Crippen molar-refractivity contribution in [2.75, 3.05) is 4.90 Å². The molecule has 1 aromatic rings. The van der Waals surface area contributed by atoms with Crippen LogP contribution in [0.1, 0.15) is 58.9 Å².